The van der Waals surface area contributed by atoms with Gasteiger partial charge in [-0.2, -0.15) is 5.26 Å². The van der Waals surface area contributed by atoms with Crippen LogP contribution in [0.3, 0.4) is 0 Å². The van der Waals surface area contributed by atoms with Crippen molar-refractivity contribution in [3.63, 3.8) is 0 Å². The van der Waals surface area contributed by atoms with Gasteiger partial charge in [-0.1, -0.05) is 27.7 Å². The predicted octanol–water partition coefficient (Wildman–Crippen LogP) is 1.93. The largest absolute Gasteiger partial charge is 0.345 e. The number of hydrogen-bond acceptors (Lipinski definition) is 3. The van der Waals surface area contributed by atoms with Gasteiger partial charge in [0.15, 0.2) is 0 Å². The molecule has 0 aromatic rings. The molecule has 0 rings (SSSR count). The summed E-state index contributed by atoms with van der Waals surface area (Å²) in [5, 5.41) is 8.15. The molecular weight excluding hydrogens is 144 g/mol. The Bertz CT molecular complexity index is 121. The van der Waals surface area contributed by atoms with Crippen molar-refractivity contribution in [3.05, 3.63) is 0 Å². The smallest absolute Gasteiger partial charge is 0.301 e. The fourth-order valence-electron chi connectivity index (χ4n) is 1.37. The van der Waals surface area contributed by atoms with Gasteiger partial charge in [0.2, 0.25) is 0 Å². The molecule has 0 aliphatic heterocycles. The van der Waals surface area contributed by atoms with Crippen LogP contribution in [0.15, 0.2) is 0 Å². The standard InChI is InChI=1S/C8H16O3/c1-5(2)7(6(3)4)8(9)11-10/h5-7,10H,1-4H3. The Morgan fingerprint density at radius 3 is 1.64 bits per heavy atom. The van der Waals surface area contributed by atoms with Crippen molar-refractivity contribution in [1.82, 2.24) is 0 Å². The van der Waals surface area contributed by atoms with Crippen LogP contribution < -0.4 is 0 Å². The van der Waals surface area contributed by atoms with Gasteiger partial charge in [0.05, 0.1) is 5.92 Å². The van der Waals surface area contributed by atoms with Crippen molar-refractivity contribution in [3.8, 4) is 0 Å². The Morgan fingerprint density at radius 1 is 1.18 bits per heavy atom. The predicted molar refractivity (Wildman–Crippen MR) is 41.9 cm³/mol. The number of carbonyl (C=O) groups excluding carboxylic acids is 1. The molecule has 0 bridgehead atoms. The maximum absolute atomic E-state index is 10.9. The van der Waals surface area contributed by atoms with Crippen LogP contribution in [0.4, 0.5) is 0 Å². The average Bonchev–Trinajstić information content (AvgIpc) is 1.85. The van der Waals surface area contributed by atoms with E-state index in [2.05, 4.69) is 4.89 Å². The van der Waals surface area contributed by atoms with Gasteiger partial charge in [-0.25, -0.2) is 4.79 Å². The lowest BCUT2D eigenvalue weighted by molar-refractivity contribution is -0.241. The fraction of sp³-hybridized carbons (Fsp3) is 0.875. The first kappa shape index (κ1) is 10.4. The minimum atomic E-state index is -0.532. The molecule has 0 aromatic heterocycles. The molecule has 0 radical (unpaired) electrons. The van der Waals surface area contributed by atoms with E-state index in [0.29, 0.717) is 0 Å². The van der Waals surface area contributed by atoms with Gasteiger partial charge in [0.25, 0.3) is 0 Å². The average molecular weight is 160 g/mol. The van der Waals surface area contributed by atoms with E-state index in [1.54, 1.807) is 0 Å². The Labute approximate surface area is 67.3 Å². The van der Waals surface area contributed by atoms with Crippen molar-refractivity contribution < 1.29 is 14.9 Å². The molecule has 0 aromatic carbocycles. The molecule has 0 unspecified atom stereocenters. The fourth-order valence-corrected chi connectivity index (χ4v) is 1.37. The molecule has 3 heteroatoms. The van der Waals surface area contributed by atoms with Crippen LogP contribution in [-0.4, -0.2) is 11.2 Å². The molecule has 11 heavy (non-hydrogen) atoms. The summed E-state index contributed by atoms with van der Waals surface area (Å²) in [7, 11) is 0. The first-order valence-electron chi connectivity index (χ1n) is 3.86. The Kier molecular flexibility index (Phi) is 4.11. The second-order valence-corrected chi connectivity index (χ2v) is 3.42. The highest BCUT2D eigenvalue weighted by Crippen LogP contribution is 2.21. The monoisotopic (exact) mass is 160 g/mol. The first-order valence-corrected chi connectivity index (χ1v) is 3.86. The summed E-state index contributed by atoms with van der Waals surface area (Å²) in [5.41, 5.74) is 0. The molecule has 66 valence electrons. The second kappa shape index (κ2) is 4.34. The van der Waals surface area contributed by atoms with Gasteiger partial charge in [-0.05, 0) is 11.8 Å². The molecule has 0 atom stereocenters. The normalized spacial score (nSPS) is 11.3. The third-order valence-corrected chi connectivity index (χ3v) is 1.80. The van der Waals surface area contributed by atoms with Crippen LogP contribution in [0.25, 0.3) is 0 Å². The van der Waals surface area contributed by atoms with E-state index in [0.717, 1.165) is 0 Å². The van der Waals surface area contributed by atoms with E-state index in [4.69, 9.17) is 5.26 Å². The zero-order valence-electron chi connectivity index (χ0n) is 7.50. The van der Waals surface area contributed by atoms with Crippen LogP contribution in [0.5, 0.6) is 0 Å². The first-order chi connectivity index (χ1) is 5.00. The van der Waals surface area contributed by atoms with Gasteiger partial charge in [-0.3, -0.25) is 0 Å². The van der Waals surface area contributed by atoms with Gasteiger partial charge in [0.1, 0.15) is 0 Å². The zero-order valence-corrected chi connectivity index (χ0v) is 7.50. The van der Waals surface area contributed by atoms with Gasteiger partial charge < -0.3 is 4.89 Å². The van der Waals surface area contributed by atoms with Crippen molar-refractivity contribution in [2.75, 3.05) is 0 Å². The maximum atomic E-state index is 10.9. The molecule has 0 heterocycles. The Balaban J connectivity index is 4.22. The summed E-state index contributed by atoms with van der Waals surface area (Å²) in [6, 6.07) is 0. The van der Waals surface area contributed by atoms with Crippen molar-refractivity contribution in [2.24, 2.45) is 17.8 Å². The topological polar surface area (TPSA) is 46.5 Å². The lowest BCUT2D eigenvalue weighted by Gasteiger charge is -2.20. The number of hydrogen-bond donors (Lipinski definition) is 1. The summed E-state index contributed by atoms with van der Waals surface area (Å²) in [5.74, 6) is -0.334. The molecule has 1 N–H and O–H groups in total. The van der Waals surface area contributed by atoms with Crippen LogP contribution in [0.2, 0.25) is 0 Å². The van der Waals surface area contributed by atoms with Gasteiger partial charge in [-0.15, -0.1) is 0 Å². The van der Waals surface area contributed by atoms with E-state index < -0.39 is 5.97 Å². The third-order valence-electron chi connectivity index (χ3n) is 1.80. The molecular formula is C8H16O3. The minimum absolute atomic E-state index is 0.203. The quantitative estimate of drug-likeness (QED) is 0.507. The molecule has 0 amide bonds. The Hall–Kier alpha value is -0.570. The highest BCUT2D eigenvalue weighted by molar-refractivity contribution is 5.72. The van der Waals surface area contributed by atoms with E-state index in [9.17, 15) is 4.79 Å². The SMILES string of the molecule is CC(C)C(C(=O)OO)C(C)C. The van der Waals surface area contributed by atoms with E-state index in [1.165, 1.54) is 0 Å². The third kappa shape index (κ3) is 2.89. The van der Waals surface area contributed by atoms with Gasteiger partial charge >= 0.3 is 5.97 Å². The maximum Gasteiger partial charge on any atom is 0.345 e. The van der Waals surface area contributed by atoms with Crippen molar-refractivity contribution in [1.29, 1.82) is 0 Å². The molecule has 0 aliphatic rings. The summed E-state index contributed by atoms with van der Waals surface area (Å²) >= 11 is 0. The van der Waals surface area contributed by atoms with Crippen LogP contribution in [0, 0.1) is 17.8 Å². The van der Waals surface area contributed by atoms with Crippen molar-refractivity contribution in [2.45, 2.75) is 27.7 Å². The molecule has 0 saturated carbocycles. The number of rotatable bonds is 3. The zero-order chi connectivity index (χ0) is 9.02. The lowest BCUT2D eigenvalue weighted by atomic mass is 9.86. The van der Waals surface area contributed by atoms with Gasteiger partial charge in [0, 0.05) is 0 Å². The van der Waals surface area contributed by atoms with E-state index in [1.807, 2.05) is 27.7 Å². The molecule has 0 saturated heterocycles. The second-order valence-electron chi connectivity index (χ2n) is 3.42. The number of carbonyl (C=O) groups is 1. The lowest BCUT2D eigenvalue weighted by Crippen LogP contribution is -2.26. The van der Waals surface area contributed by atoms with E-state index in [-0.39, 0.29) is 17.8 Å². The Morgan fingerprint density at radius 2 is 1.55 bits per heavy atom. The molecule has 0 spiro atoms. The minimum Gasteiger partial charge on any atom is -0.301 e. The summed E-state index contributed by atoms with van der Waals surface area (Å²) in [6.45, 7) is 7.73. The summed E-state index contributed by atoms with van der Waals surface area (Å²) in [4.78, 5) is 14.6. The van der Waals surface area contributed by atoms with Crippen molar-refractivity contribution >= 4 is 5.97 Å². The molecule has 3 nitrogen and oxygen atoms in total. The highest BCUT2D eigenvalue weighted by atomic mass is 17.1. The molecule has 0 aliphatic carbocycles. The summed E-state index contributed by atoms with van der Waals surface area (Å²) in [6.07, 6.45) is 0. The van der Waals surface area contributed by atoms with Crippen LogP contribution >= 0.6 is 0 Å². The van der Waals surface area contributed by atoms with Crippen LogP contribution in [0.1, 0.15) is 27.7 Å². The van der Waals surface area contributed by atoms with E-state index >= 15 is 0 Å². The van der Waals surface area contributed by atoms with Crippen LogP contribution in [-0.2, 0) is 9.68 Å². The summed E-state index contributed by atoms with van der Waals surface area (Å²) < 4.78 is 0. The highest BCUT2D eigenvalue weighted by Gasteiger charge is 2.27. The molecule has 0 fully saturated rings.